The minimum absolute atomic E-state index is 0.453. The summed E-state index contributed by atoms with van der Waals surface area (Å²) in [6.45, 7) is 0.706. The number of rotatable bonds is 5. The van der Waals surface area contributed by atoms with Gasteiger partial charge in [-0.25, -0.2) is 4.79 Å². The average Bonchev–Trinajstić information content (AvgIpc) is 3.16. The van der Waals surface area contributed by atoms with Crippen LogP contribution >= 0.6 is 11.6 Å². The van der Waals surface area contributed by atoms with Crippen molar-refractivity contribution in [1.82, 2.24) is 0 Å². The number of halogens is 1. The highest BCUT2D eigenvalue weighted by atomic mass is 35.5. The Bertz CT molecular complexity index is 529. The number of hydrogen-bond donors (Lipinski definition) is 0. The fraction of sp³-hybridized carbons (Fsp3) is 0.533. The Kier molecular flexibility index (Phi) is 3.34. The van der Waals surface area contributed by atoms with E-state index in [1.807, 2.05) is 18.2 Å². The standard InChI is InChI=1S/C15H16ClNO2/c16-13-4-1-3-12(14(13)19-9-11-5-6-11)15(17-10-18)7-2-8-15/h1,3-4,11H,2,5-9H2. The van der Waals surface area contributed by atoms with E-state index in [1.165, 1.54) is 12.8 Å². The van der Waals surface area contributed by atoms with E-state index < -0.39 is 5.54 Å². The van der Waals surface area contributed by atoms with Crippen LogP contribution in [0.5, 0.6) is 5.75 Å². The Morgan fingerprint density at radius 2 is 2.21 bits per heavy atom. The number of benzene rings is 1. The van der Waals surface area contributed by atoms with Gasteiger partial charge >= 0.3 is 0 Å². The van der Waals surface area contributed by atoms with E-state index >= 15 is 0 Å². The molecule has 2 saturated carbocycles. The predicted octanol–water partition coefficient (Wildman–Crippen LogP) is 3.84. The first-order chi connectivity index (χ1) is 9.25. The van der Waals surface area contributed by atoms with Gasteiger partial charge in [-0.2, -0.15) is 4.99 Å². The quantitative estimate of drug-likeness (QED) is 0.606. The lowest BCUT2D eigenvalue weighted by molar-refractivity contribution is 0.234. The summed E-state index contributed by atoms with van der Waals surface area (Å²) in [5, 5.41) is 0.602. The number of nitrogens with zero attached hydrogens (tertiary/aromatic N) is 1. The van der Waals surface area contributed by atoms with Gasteiger partial charge in [0, 0.05) is 5.56 Å². The molecule has 0 aliphatic heterocycles. The number of para-hydroxylation sites is 1. The molecule has 2 aliphatic rings. The van der Waals surface area contributed by atoms with Crippen molar-refractivity contribution in [3.63, 3.8) is 0 Å². The first kappa shape index (κ1) is 12.7. The van der Waals surface area contributed by atoms with E-state index in [9.17, 15) is 4.79 Å². The van der Waals surface area contributed by atoms with Crippen molar-refractivity contribution >= 4 is 17.7 Å². The SMILES string of the molecule is O=C=NC1(c2cccc(Cl)c2OCC2CC2)CCC1. The number of aliphatic imine (C=N–C) groups is 1. The largest absolute Gasteiger partial charge is 0.491 e. The van der Waals surface area contributed by atoms with Crippen LogP contribution < -0.4 is 4.74 Å². The molecule has 4 heteroatoms. The van der Waals surface area contributed by atoms with E-state index in [2.05, 4.69) is 4.99 Å². The minimum atomic E-state index is -0.453. The van der Waals surface area contributed by atoms with Gasteiger partial charge < -0.3 is 4.74 Å². The maximum Gasteiger partial charge on any atom is 0.235 e. The van der Waals surface area contributed by atoms with Crippen LogP contribution in [0.25, 0.3) is 0 Å². The molecule has 0 heterocycles. The molecule has 0 N–H and O–H groups in total. The van der Waals surface area contributed by atoms with Crippen molar-refractivity contribution in [2.75, 3.05) is 6.61 Å². The van der Waals surface area contributed by atoms with Crippen LogP contribution in [-0.4, -0.2) is 12.7 Å². The third kappa shape index (κ3) is 2.41. The molecule has 0 aromatic heterocycles. The lowest BCUT2D eigenvalue weighted by Gasteiger charge is -2.38. The van der Waals surface area contributed by atoms with Crippen LogP contribution in [0.4, 0.5) is 0 Å². The molecular formula is C15H16ClNO2. The summed E-state index contributed by atoms with van der Waals surface area (Å²) in [5.41, 5.74) is 0.487. The number of hydrogen-bond acceptors (Lipinski definition) is 3. The number of isocyanates is 1. The van der Waals surface area contributed by atoms with Crippen LogP contribution in [0.15, 0.2) is 23.2 Å². The Morgan fingerprint density at radius 3 is 2.79 bits per heavy atom. The molecule has 3 nitrogen and oxygen atoms in total. The van der Waals surface area contributed by atoms with Crippen molar-refractivity contribution in [2.24, 2.45) is 10.9 Å². The van der Waals surface area contributed by atoms with Gasteiger partial charge in [0.25, 0.3) is 0 Å². The summed E-state index contributed by atoms with van der Waals surface area (Å²) < 4.78 is 5.90. The molecule has 0 atom stereocenters. The van der Waals surface area contributed by atoms with Crippen LogP contribution in [0.1, 0.15) is 37.7 Å². The van der Waals surface area contributed by atoms with E-state index in [1.54, 1.807) is 6.08 Å². The van der Waals surface area contributed by atoms with Gasteiger partial charge in [0.15, 0.2) is 0 Å². The predicted molar refractivity (Wildman–Crippen MR) is 73.3 cm³/mol. The second kappa shape index (κ2) is 4.99. The van der Waals surface area contributed by atoms with Crippen molar-refractivity contribution < 1.29 is 9.53 Å². The molecule has 0 unspecified atom stereocenters. The van der Waals surface area contributed by atoms with Crippen molar-refractivity contribution in [1.29, 1.82) is 0 Å². The molecule has 1 aromatic carbocycles. The fourth-order valence-electron chi connectivity index (χ4n) is 2.55. The lowest BCUT2D eigenvalue weighted by Crippen LogP contribution is -2.32. The molecule has 1 aromatic rings. The smallest absolute Gasteiger partial charge is 0.235 e. The highest BCUT2D eigenvalue weighted by molar-refractivity contribution is 6.32. The average molecular weight is 278 g/mol. The summed E-state index contributed by atoms with van der Waals surface area (Å²) in [5.74, 6) is 1.37. The highest BCUT2D eigenvalue weighted by Crippen LogP contribution is 2.49. The van der Waals surface area contributed by atoms with Crippen molar-refractivity contribution in [3.05, 3.63) is 28.8 Å². The van der Waals surface area contributed by atoms with Gasteiger partial charge in [0.2, 0.25) is 6.08 Å². The Labute approximate surface area is 117 Å². The molecule has 0 radical (unpaired) electrons. The zero-order valence-corrected chi connectivity index (χ0v) is 11.4. The van der Waals surface area contributed by atoms with E-state index in [4.69, 9.17) is 16.3 Å². The second-order valence-electron chi connectivity index (χ2n) is 5.46. The molecule has 0 bridgehead atoms. The molecule has 2 fully saturated rings. The number of ether oxygens (including phenoxy) is 1. The van der Waals surface area contributed by atoms with Crippen LogP contribution in [0.2, 0.25) is 5.02 Å². The maximum absolute atomic E-state index is 10.7. The van der Waals surface area contributed by atoms with Crippen LogP contribution in [0, 0.1) is 5.92 Å². The molecule has 100 valence electrons. The number of carbonyl (C=O) groups excluding carboxylic acids is 1. The van der Waals surface area contributed by atoms with E-state index in [0.717, 1.165) is 24.8 Å². The monoisotopic (exact) mass is 277 g/mol. The lowest BCUT2D eigenvalue weighted by atomic mass is 9.72. The zero-order chi connectivity index (χ0) is 13.3. The Balaban J connectivity index is 1.94. The van der Waals surface area contributed by atoms with Crippen molar-refractivity contribution in [2.45, 2.75) is 37.6 Å². The molecule has 19 heavy (non-hydrogen) atoms. The molecule has 0 amide bonds. The van der Waals surface area contributed by atoms with E-state index in [-0.39, 0.29) is 0 Å². The summed E-state index contributed by atoms with van der Waals surface area (Å²) in [7, 11) is 0. The highest BCUT2D eigenvalue weighted by Gasteiger charge is 2.41. The Hall–Kier alpha value is -1.31. The van der Waals surface area contributed by atoms with Crippen molar-refractivity contribution in [3.8, 4) is 5.75 Å². The topological polar surface area (TPSA) is 38.7 Å². The summed E-state index contributed by atoms with van der Waals surface area (Å²) in [6.07, 6.45) is 6.97. The first-order valence-corrected chi connectivity index (χ1v) is 7.14. The van der Waals surface area contributed by atoms with Crippen LogP contribution in [-0.2, 0) is 10.3 Å². The van der Waals surface area contributed by atoms with Gasteiger partial charge in [-0.05, 0) is 44.1 Å². The Morgan fingerprint density at radius 1 is 1.42 bits per heavy atom. The summed E-state index contributed by atoms with van der Waals surface area (Å²) in [4.78, 5) is 14.7. The van der Waals surface area contributed by atoms with Gasteiger partial charge in [-0.3, -0.25) is 0 Å². The molecule has 0 spiro atoms. The molecular weight excluding hydrogens is 262 g/mol. The van der Waals surface area contributed by atoms with E-state index in [0.29, 0.717) is 23.3 Å². The summed E-state index contributed by atoms with van der Waals surface area (Å²) in [6, 6.07) is 5.68. The fourth-order valence-corrected chi connectivity index (χ4v) is 2.78. The zero-order valence-electron chi connectivity index (χ0n) is 10.7. The summed E-state index contributed by atoms with van der Waals surface area (Å²) >= 11 is 6.26. The van der Waals surface area contributed by atoms with Gasteiger partial charge in [-0.15, -0.1) is 0 Å². The second-order valence-corrected chi connectivity index (χ2v) is 5.87. The minimum Gasteiger partial charge on any atom is -0.491 e. The van der Waals surface area contributed by atoms with Gasteiger partial charge in [0.1, 0.15) is 11.3 Å². The van der Waals surface area contributed by atoms with Gasteiger partial charge in [-0.1, -0.05) is 23.7 Å². The molecule has 0 saturated heterocycles. The first-order valence-electron chi connectivity index (χ1n) is 6.76. The van der Waals surface area contributed by atoms with Gasteiger partial charge in [0.05, 0.1) is 11.6 Å². The van der Waals surface area contributed by atoms with Crippen LogP contribution in [0.3, 0.4) is 0 Å². The third-order valence-electron chi connectivity index (χ3n) is 4.07. The molecule has 2 aliphatic carbocycles. The third-order valence-corrected chi connectivity index (χ3v) is 4.37. The normalized spacial score (nSPS) is 20.3. The molecule has 3 rings (SSSR count). The maximum atomic E-state index is 10.7.